The van der Waals surface area contributed by atoms with Crippen molar-refractivity contribution < 1.29 is 0 Å². The predicted molar refractivity (Wildman–Crippen MR) is 51.9 cm³/mol. The third kappa shape index (κ3) is 1.24. The van der Waals surface area contributed by atoms with E-state index in [2.05, 4.69) is 10.2 Å². The molecule has 12 heavy (non-hydrogen) atoms. The van der Waals surface area contributed by atoms with E-state index in [1.807, 2.05) is 11.4 Å². The summed E-state index contributed by atoms with van der Waals surface area (Å²) in [6.07, 6.45) is 1.68. The van der Waals surface area contributed by atoms with Crippen LogP contribution in [0, 0.1) is 0 Å². The Balaban J connectivity index is 2.55. The molecule has 0 aliphatic carbocycles. The minimum Gasteiger partial charge on any atom is -0.278 e. The van der Waals surface area contributed by atoms with E-state index < -0.39 is 0 Å². The second-order valence-electron chi connectivity index (χ2n) is 2.21. The third-order valence-corrected chi connectivity index (χ3v) is 3.30. The topological polar surface area (TPSA) is 28.7 Å². The van der Waals surface area contributed by atoms with Crippen LogP contribution in [0.15, 0.2) is 17.6 Å². The van der Waals surface area contributed by atoms with Crippen molar-refractivity contribution in [1.82, 2.24) is 10.2 Å². The summed E-state index contributed by atoms with van der Waals surface area (Å²) in [6.45, 7) is 0. The number of aromatic nitrogens is 2. The van der Waals surface area contributed by atoms with Crippen LogP contribution in [-0.2, 0) is 0 Å². The van der Waals surface area contributed by atoms with Crippen LogP contribution in [0.5, 0.6) is 0 Å². The average Bonchev–Trinajstić information content (AvgIpc) is 2.64. The first kappa shape index (κ1) is 8.10. The second-order valence-corrected chi connectivity index (χ2v) is 4.07. The number of thiophene rings is 1. The van der Waals surface area contributed by atoms with E-state index in [1.165, 1.54) is 11.3 Å². The lowest BCUT2D eigenvalue weighted by atomic mass is 10.2. The number of H-pyrrole nitrogens is 1. The lowest BCUT2D eigenvalue weighted by Crippen LogP contribution is -1.73. The molecule has 0 bridgehead atoms. The van der Waals surface area contributed by atoms with Gasteiger partial charge in [-0.1, -0.05) is 23.2 Å². The second kappa shape index (κ2) is 3.09. The highest BCUT2D eigenvalue weighted by Gasteiger charge is 2.09. The summed E-state index contributed by atoms with van der Waals surface area (Å²) < 4.78 is 0.612. The first-order chi connectivity index (χ1) is 5.79. The molecule has 1 N–H and O–H groups in total. The van der Waals surface area contributed by atoms with Crippen molar-refractivity contribution in [3.05, 3.63) is 27.0 Å². The van der Waals surface area contributed by atoms with Gasteiger partial charge in [0, 0.05) is 17.1 Å². The van der Waals surface area contributed by atoms with E-state index in [-0.39, 0.29) is 0 Å². The van der Waals surface area contributed by atoms with Crippen LogP contribution in [0.4, 0.5) is 0 Å². The van der Waals surface area contributed by atoms with Gasteiger partial charge in [-0.25, -0.2) is 0 Å². The maximum atomic E-state index is 5.93. The molecule has 0 saturated heterocycles. The van der Waals surface area contributed by atoms with Crippen LogP contribution >= 0.6 is 34.5 Å². The Hall–Kier alpha value is -0.510. The smallest absolute Gasteiger partial charge is 0.112 e. The highest BCUT2D eigenvalue weighted by atomic mass is 35.5. The van der Waals surface area contributed by atoms with Crippen LogP contribution in [0.2, 0.25) is 9.36 Å². The van der Waals surface area contributed by atoms with Crippen LogP contribution in [-0.4, -0.2) is 10.2 Å². The van der Waals surface area contributed by atoms with Gasteiger partial charge in [0.25, 0.3) is 0 Å². The van der Waals surface area contributed by atoms with Gasteiger partial charge in [-0.15, -0.1) is 11.3 Å². The number of nitrogens with one attached hydrogen (secondary N) is 1. The molecule has 2 aromatic rings. The Morgan fingerprint density at radius 3 is 2.75 bits per heavy atom. The van der Waals surface area contributed by atoms with E-state index in [0.29, 0.717) is 9.36 Å². The van der Waals surface area contributed by atoms with Crippen LogP contribution in [0.25, 0.3) is 11.3 Å². The van der Waals surface area contributed by atoms with Crippen molar-refractivity contribution in [3.8, 4) is 11.3 Å². The summed E-state index contributed by atoms with van der Waals surface area (Å²) in [5.41, 5.74) is 1.80. The van der Waals surface area contributed by atoms with Crippen molar-refractivity contribution in [2.24, 2.45) is 0 Å². The van der Waals surface area contributed by atoms with Gasteiger partial charge in [0.05, 0.1) is 10.7 Å². The third-order valence-electron chi connectivity index (χ3n) is 1.48. The fraction of sp³-hybridized carbons (Fsp3) is 0. The van der Waals surface area contributed by atoms with E-state index in [0.717, 1.165) is 11.3 Å². The summed E-state index contributed by atoms with van der Waals surface area (Å²) in [4.78, 5) is 0. The molecule has 0 fully saturated rings. The molecule has 0 radical (unpaired) electrons. The van der Waals surface area contributed by atoms with Gasteiger partial charge >= 0.3 is 0 Å². The molecule has 2 heterocycles. The molecular formula is C7H4Cl2N2S. The Morgan fingerprint density at radius 2 is 2.25 bits per heavy atom. The summed E-state index contributed by atoms with van der Waals surface area (Å²) in [6, 6.07) is 1.85. The maximum absolute atomic E-state index is 5.93. The largest absolute Gasteiger partial charge is 0.278 e. The number of rotatable bonds is 1. The molecule has 2 rings (SSSR count). The highest BCUT2D eigenvalue weighted by molar-refractivity contribution is 7.15. The van der Waals surface area contributed by atoms with Crippen molar-refractivity contribution >= 4 is 34.5 Å². The number of hydrogen-bond acceptors (Lipinski definition) is 2. The minimum absolute atomic E-state index is 0.589. The summed E-state index contributed by atoms with van der Waals surface area (Å²) in [5, 5.41) is 9.14. The van der Waals surface area contributed by atoms with Gasteiger partial charge in [-0.2, -0.15) is 5.10 Å². The molecule has 0 aromatic carbocycles. The Bertz CT molecular complexity index is 380. The fourth-order valence-electron chi connectivity index (χ4n) is 0.908. The minimum atomic E-state index is 0.589. The van der Waals surface area contributed by atoms with Crippen LogP contribution < -0.4 is 0 Å². The molecular weight excluding hydrogens is 215 g/mol. The standard InChI is InChI=1S/C7H4Cl2N2S/c8-6-4(3-12-7(6)9)5-1-2-10-11-5/h1-3H,(H,10,11). The Morgan fingerprint density at radius 1 is 1.42 bits per heavy atom. The zero-order valence-corrected chi connectivity index (χ0v) is 8.17. The SMILES string of the molecule is Clc1scc(-c2ccn[nH]2)c1Cl. The number of hydrogen-bond donors (Lipinski definition) is 1. The molecule has 0 atom stereocenters. The average molecular weight is 219 g/mol. The molecule has 2 aromatic heterocycles. The molecule has 0 aliphatic rings. The first-order valence-electron chi connectivity index (χ1n) is 3.21. The number of halogens is 2. The van der Waals surface area contributed by atoms with E-state index in [4.69, 9.17) is 23.2 Å². The van der Waals surface area contributed by atoms with Crippen molar-refractivity contribution in [2.45, 2.75) is 0 Å². The van der Waals surface area contributed by atoms with Crippen molar-refractivity contribution in [2.75, 3.05) is 0 Å². The lowest BCUT2D eigenvalue weighted by molar-refractivity contribution is 1.10. The lowest BCUT2D eigenvalue weighted by Gasteiger charge is -1.91. The molecule has 2 nitrogen and oxygen atoms in total. The molecule has 0 unspecified atom stereocenters. The molecule has 5 heteroatoms. The molecule has 0 saturated carbocycles. The Labute approximate surface area is 83.1 Å². The normalized spacial score (nSPS) is 10.5. The molecule has 0 spiro atoms. The summed E-state index contributed by atoms with van der Waals surface area (Å²) >= 11 is 13.1. The molecule has 0 aliphatic heterocycles. The Kier molecular flexibility index (Phi) is 2.09. The molecule has 0 amide bonds. The molecule has 62 valence electrons. The maximum Gasteiger partial charge on any atom is 0.112 e. The van der Waals surface area contributed by atoms with Gasteiger partial charge in [0.15, 0.2) is 0 Å². The first-order valence-corrected chi connectivity index (χ1v) is 4.85. The van der Waals surface area contributed by atoms with Crippen LogP contribution in [0.1, 0.15) is 0 Å². The van der Waals surface area contributed by atoms with Crippen LogP contribution in [0.3, 0.4) is 0 Å². The zero-order valence-electron chi connectivity index (χ0n) is 5.84. The zero-order chi connectivity index (χ0) is 8.55. The fourth-order valence-corrected chi connectivity index (χ4v) is 2.18. The summed E-state index contributed by atoms with van der Waals surface area (Å²) in [5.74, 6) is 0. The van der Waals surface area contributed by atoms with Gasteiger partial charge in [0.2, 0.25) is 0 Å². The van der Waals surface area contributed by atoms with Gasteiger partial charge in [-0.3, -0.25) is 5.10 Å². The number of nitrogens with zero attached hydrogens (tertiary/aromatic N) is 1. The summed E-state index contributed by atoms with van der Waals surface area (Å²) in [7, 11) is 0. The van der Waals surface area contributed by atoms with Crippen molar-refractivity contribution in [3.63, 3.8) is 0 Å². The van der Waals surface area contributed by atoms with E-state index in [1.54, 1.807) is 6.20 Å². The van der Waals surface area contributed by atoms with E-state index >= 15 is 0 Å². The van der Waals surface area contributed by atoms with Gasteiger partial charge in [0.1, 0.15) is 4.34 Å². The van der Waals surface area contributed by atoms with E-state index in [9.17, 15) is 0 Å². The predicted octanol–water partition coefficient (Wildman–Crippen LogP) is 3.45. The van der Waals surface area contributed by atoms with Crippen molar-refractivity contribution in [1.29, 1.82) is 0 Å². The number of aromatic amines is 1. The van der Waals surface area contributed by atoms with Gasteiger partial charge in [-0.05, 0) is 6.07 Å². The highest BCUT2D eigenvalue weighted by Crippen LogP contribution is 2.37. The quantitative estimate of drug-likeness (QED) is 0.781. The monoisotopic (exact) mass is 218 g/mol. The van der Waals surface area contributed by atoms with Gasteiger partial charge < -0.3 is 0 Å².